The van der Waals surface area contributed by atoms with Crippen LogP contribution in [0.15, 0.2) is 60.7 Å². The molecule has 0 aliphatic carbocycles. The fourth-order valence-corrected chi connectivity index (χ4v) is 3.54. The van der Waals surface area contributed by atoms with E-state index in [1.807, 2.05) is 0 Å². The Balaban J connectivity index is 1.77. The summed E-state index contributed by atoms with van der Waals surface area (Å²) in [6, 6.07) is 21.3. The highest BCUT2D eigenvalue weighted by Crippen LogP contribution is 2.28. The van der Waals surface area contributed by atoms with Crippen LogP contribution in [0.4, 0.5) is 5.82 Å². The zero-order valence-corrected chi connectivity index (χ0v) is 15.5. The summed E-state index contributed by atoms with van der Waals surface area (Å²) < 4.78 is 0. The summed E-state index contributed by atoms with van der Waals surface area (Å²) in [6.45, 7) is 6.37. The average Bonchev–Trinajstić information content (AvgIpc) is 2.69. The summed E-state index contributed by atoms with van der Waals surface area (Å²) in [5.41, 5.74) is 3.50. The minimum atomic E-state index is 1.03. The van der Waals surface area contributed by atoms with Gasteiger partial charge < -0.3 is 9.80 Å². The molecule has 26 heavy (non-hydrogen) atoms. The lowest BCUT2D eigenvalue weighted by Gasteiger charge is -2.34. The molecular weight excluding hydrogens is 318 g/mol. The second kappa shape index (κ2) is 7.30. The van der Waals surface area contributed by atoms with Gasteiger partial charge in [-0.15, -0.1) is 0 Å². The van der Waals surface area contributed by atoms with Crippen LogP contribution in [0.3, 0.4) is 0 Å². The minimum absolute atomic E-state index is 1.03. The van der Waals surface area contributed by atoms with Gasteiger partial charge in [-0.1, -0.05) is 54.6 Å². The molecule has 3 aromatic rings. The number of nitrogens with zero attached hydrogens (tertiary/aromatic N) is 3. The Labute approximate surface area is 155 Å². The molecule has 0 radical (unpaired) electrons. The van der Waals surface area contributed by atoms with Crippen molar-refractivity contribution in [3.63, 3.8) is 0 Å². The predicted octanol–water partition coefficient (Wildman–Crippen LogP) is 4.55. The summed E-state index contributed by atoms with van der Waals surface area (Å²) in [7, 11) is 2.19. The molecule has 0 amide bonds. The van der Waals surface area contributed by atoms with E-state index in [9.17, 15) is 0 Å². The first-order valence-electron chi connectivity index (χ1n) is 9.28. The Morgan fingerprint density at radius 1 is 0.923 bits per heavy atom. The number of aromatic nitrogens is 1. The number of piperazine rings is 1. The van der Waals surface area contributed by atoms with Crippen LogP contribution in [0.5, 0.6) is 0 Å². The van der Waals surface area contributed by atoms with Crippen molar-refractivity contribution in [3.05, 3.63) is 71.9 Å². The Hall–Kier alpha value is -2.65. The third kappa shape index (κ3) is 3.49. The average molecular weight is 343 g/mol. The quantitative estimate of drug-likeness (QED) is 0.696. The molecule has 0 unspecified atom stereocenters. The number of hydrogen-bond donors (Lipinski definition) is 0. The molecule has 0 bridgehead atoms. The van der Waals surface area contributed by atoms with Crippen molar-refractivity contribution in [2.45, 2.75) is 6.92 Å². The molecule has 3 nitrogen and oxygen atoms in total. The molecule has 0 saturated carbocycles. The normalized spacial score (nSPS) is 16.2. The Morgan fingerprint density at radius 3 is 2.38 bits per heavy atom. The van der Waals surface area contributed by atoms with Gasteiger partial charge in [-0.25, -0.2) is 4.98 Å². The monoisotopic (exact) mass is 343 g/mol. The molecule has 3 heteroatoms. The van der Waals surface area contributed by atoms with Crippen LogP contribution >= 0.6 is 0 Å². The molecule has 2 aromatic carbocycles. The zero-order chi connectivity index (χ0) is 17.9. The van der Waals surface area contributed by atoms with Crippen molar-refractivity contribution in [1.29, 1.82) is 0 Å². The molecule has 1 aliphatic rings. The van der Waals surface area contributed by atoms with Gasteiger partial charge in [-0.05, 0) is 42.6 Å². The third-order valence-corrected chi connectivity index (χ3v) is 5.14. The van der Waals surface area contributed by atoms with Crippen molar-refractivity contribution in [3.8, 4) is 0 Å². The van der Waals surface area contributed by atoms with Gasteiger partial charge in [0.2, 0.25) is 0 Å². The Kier molecular flexibility index (Phi) is 4.72. The maximum Gasteiger partial charge on any atom is 0.137 e. The molecule has 1 fully saturated rings. The molecule has 4 rings (SSSR count). The minimum Gasteiger partial charge on any atom is -0.354 e. The van der Waals surface area contributed by atoms with Gasteiger partial charge in [0.15, 0.2) is 0 Å². The van der Waals surface area contributed by atoms with Crippen molar-refractivity contribution < 1.29 is 0 Å². The standard InChI is InChI=1S/C23H25N3/c1-18(19-8-4-3-5-9-19)16-21-17-20-10-6-7-11-22(20)23(24-21)26-14-12-25(2)13-15-26/h3-11,16-17H,12-15H2,1-2H3/b18-16+. The first-order valence-corrected chi connectivity index (χ1v) is 9.28. The second-order valence-corrected chi connectivity index (χ2v) is 7.08. The van der Waals surface area contributed by atoms with Gasteiger partial charge >= 0.3 is 0 Å². The summed E-state index contributed by atoms with van der Waals surface area (Å²) in [5.74, 6) is 1.11. The number of rotatable bonds is 3. The van der Waals surface area contributed by atoms with Crippen molar-refractivity contribution >= 4 is 28.2 Å². The van der Waals surface area contributed by atoms with Gasteiger partial charge in [0.25, 0.3) is 0 Å². The fourth-order valence-electron chi connectivity index (χ4n) is 3.54. The summed E-state index contributed by atoms with van der Waals surface area (Å²) >= 11 is 0. The highest BCUT2D eigenvalue weighted by molar-refractivity contribution is 5.94. The summed E-state index contributed by atoms with van der Waals surface area (Å²) in [4.78, 5) is 9.85. The lowest BCUT2D eigenvalue weighted by atomic mass is 10.0. The van der Waals surface area contributed by atoms with E-state index in [0.717, 1.165) is 37.7 Å². The molecule has 0 spiro atoms. The molecule has 1 aliphatic heterocycles. The van der Waals surface area contributed by atoms with Gasteiger partial charge in [0, 0.05) is 31.6 Å². The van der Waals surface area contributed by atoms with Crippen LogP contribution in [-0.4, -0.2) is 43.1 Å². The lowest BCUT2D eigenvalue weighted by Crippen LogP contribution is -2.44. The lowest BCUT2D eigenvalue weighted by molar-refractivity contribution is 0.312. The number of hydrogen-bond acceptors (Lipinski definition) is 3. The van der Waals surface area contributed by atoms with Crippen molar-refractivity contribution in [2.75, 3.05) is 38.1 Å². The van der Waals surface area contributed by atoms with Crippen molar-refractivity contribution in [2.24, 2.45) is 0 Å². The second-order valence-electron chi connectivity index (χ2n) is 7.08. The number of benzene rings is 2. The van der Waals surface area contributed by atoms with E-state index in [-0.39, 0.29) is 0 Å². The van der Waals surface area contributed by atoms with E-state index in [0.29, 0.717) is 0 Å². The van der Waals surface area contributed by atoms with Gasteiger partial charge in [-0.3, -0.25) is 0 Å². The van der Waals surface area contributed by atoms with Crippen LogP contribution in [0, 0.1) is 0 Å². The van der Waals surface area contributed by atoms with E-state index in [2.05, 4.69) is 90.5 Å². The smallest absolute Gasteiger partial charge is 0.137 e. The maximum atomic E-state index is 5.05. The van der Waals surface area contributed by atoms with Crippen LogP contribution < -0.4 is 4.90 Å². The third-order valence-electron chi connectivity index (χ3n) is 5.14. The van der Waals surface area contributed by atoms with Gasteiger partial charge in [0.05, 0.1) is 5.69 Å². The first kappa shape index (κ1) is 16.8. The number of pyridine rings is 1. The van der Waals surface area contributed by atoms with Crippen molar-refractivity contribution in [1.82, 2.24) is 9.88 Å². The van der Waals surface area contributed by atoms with E-state index in [1.165, 1.54) is 21.9 Å². The number of fused-ring (bicyclic) bond motifs is 1. The first-order chi connectivity index (χ1) is 12.7. The highest BCUT2D eigenvalue weighted by atomic mass is 15.3. The Morgan fingerprint density at radius 2 is 1.62 bits per heavy atom. The molecule has 0 atom stereocenters. The topological polar surface area (TPSA) is 19.4 Å². The highest BCUT2D eigenvalue weighted by Gasteiger charge is 2.18. The summed E-state index contributed by atoms with van der Waals surface area (Å²) in [5, 5.41) is 2.50. The largest absolute Gasteiger partial charge is 0.354 e. The fraction of sp³-hybridized carbons (Fsp3) is 0.261. The number of anilines is 1. The van der Waals surface area contributed by atoms with Crippen LogP contribution in [0.2, 0.25) is 0 Å². The number of allylic oxidation sites excluding steroid dienone is 1. The summed E-state index contributed by atoms with van der Waals surface area (Å²) in [6.07, 6.45) is 2.20. The predicted molar refractivity (Wildman–Crippen MR) is 111 cm³/mol. The van der Waals surface area contributed by atoms with E-state index in [1.54, 1.807) is 0 Å². The zero-order valence-electron chi connectivity index (χ0n) is 15.5. The molecular formula is C23H25N3. The molecule has 132 valence electrons. The molecule has 2 heterocycles. The van der Waals surface area contributed by atoms with E-state index < -0.39 is 0 Å². The molecule has 1 saturated heterocycles. The van der Waals surface area contributed by atoms with Crippen LogP contribution in [0.25, 0.3) is 22.4 Å². The molecule has 0 N–H and O–H groups in total. The Bertz CT molecular complexity index is 923. The van der Waals surface area contributed by atoms with Gasteiger partial charge in [0.1, 0.15) is 5.82 Å². The molecule has 1 aromatic heterocycles. The van der Waals surface area contributed by atoms with E-state index >= 15 is 0 Å². The van der Waals surface area contributed by atoms with E-state index in [4.69, 9.17) is 4.98 Å². The van der Waals surface area contributed by atoms with Crippen LogP contribution in [0.1, 0.15) is 18.2 Å². The van der Waals surface area contributed by atoms with Gasteiger partial charge in [-0.2, -0.15) is 0 Å². The number of likely N-dealkylation sites (N-methyl/N-ethyl adjacent to an activating group) is 1. The SMILES string of the molecule is C/C(=C\c1cc2ccccc2c(N2CCN(C)CC2)n1)c1ccccc1. The maximum absolute atomic E-state index is 5.05. The van der Waals surface area contributed by atoms with Crippen LogP contribution in [-0.2, 0) is 0 Å².